The summed E-state index contributed by atoms with van der Waals surface area (Å²) in [4.78, 5) is 2.38. The standard InChI is InChI=1S/C48H31NS/c1-2-16-38(17-3-1)49(39-25-23-33(24-26-39)36-22-21-32-11-4-5-13-35(32)29-36)40-27-28-46-45(31-40)47-44(30-37-14-7-9-19-42(37)48(47)50-46)43-20-10-15-34-12-6-8-18-41(34)43/h1-31H. The number of nitrogens with zero attached hydrogens (tertiary/aromatic N) is 1. The van der Waals surface area contributed by atoms with Crippen LogP contribution in [0.15, 0.2) is 188 Å². The van der Waals surface area contributed by atoms with Crippen LogP contribution in [0.2, 0.25) is 0 Å². The van der Waals surface area contributed by atoms with Crippen molar-refractivity contribution in [3.63, 3.8) is 0 Å². The molecule has 0 aliphatic rings. The number of hydrogen-bond donors (Lipinski definition) is 0. The summed E-state index contributed by atoms with van der Waals surface area (Å²) in [6.45, 7) is 0. The van der Waals surface area contributed by atoms with E-state index in [4.69, 9.17) is 0 Å². The smallest absolute Gasteiger partial charge is 0.0468 e. The quantitative estimate of drug-likeness (QED) is 0.179. The SMILES string of the molecule is c1ccc(N(c2ccc(-c3ccc4ccccc4c3)cc2)c2ccc3sc4c5ccccc5cc(-c5cccc6ccccc56)c4c3c2)cc1. The fourth-order valence-electron chi connectivity index (χ4n) is 7.61. The molecule has 0 N–H and O–H groups in total. The number of rotatable bonds is 5. The molecule has 0 radical (unpaired) electrons. The molecule has 0 fully saturated rings. The van der Waals surface area contributed by atoms with E-state index in [1.807, 2.05) is 11.3 Å². The van der Waals surface area contributed by atoms with E-state index < -0.39 is 0 Å². The molecular formula is C48H31NS. The van der Waals surface area contributed by atoms with E-state index in [1.54, 1.807) is 0 Å². The predicted molar refractivity (Wildman–Crippen MR) is 217 cm³/mol. The third kappa shape index (κ3) is 4.76. The highest BCUT2D eigenvalue weighted by Gasteiger charge is 2.19. The van der Waals surface area contributed by atoms with Crippen LogP contribution >= 0.6 is 11.3 Å². The van der Waals surface area contributed by atoms with Gasteiger partial charge in [0.15, 0.2) is 0 Å². The van der Waals surface area contributed by atoms with Gasteiger partial charge in [0.25, 0.3) is 0 Å². The third-order valence-electron chi connectivity index (χ3n) is 10.0. The average molecular weight is 654 g/mol. The van der Waals surface area contributed by atoms with Crippen LogP contribution in [0, 0.1) is 0 Å². The summed E-state index contributed by atoms with van der Waals surface area (Å²) in [6, 6.07) is 68.7. The largest absolute Gasteiger partial charge is 0.310 e. The maximum Gasteiger partial charge on any atom is 0.0468 e. The van der Waals surface area contributed by atoms with Gasteiger partial charge in [-0.2, -0.15) is 0 Å². The Morgan fingerprint density at radius 1 is 0.340 bits per heavy atom. The molecule has 9 aromatic carbocycles. The average Bonchev–Trinajstić information content (AvgIpc) is 3.57. The number of hydrogen-bond acceptors (Lipinski definition) is 2. The Morgan fingerprint density at radius 2 is 0.980 bits per heavy atom. The number of anilines is 3. The van der Waals surface area contributed by atoms with Gasteiger partial charge in [-0.15, -0.1) is 11.3 Å². The molecule has 0 saturated carbocycles. The molecule has 0 aliphatic carbocycles. The second-order valence-electron chi connectivity index (χ2n) is 12.9. The minimum Gasteiger partial charge on any atom is -0.310 e. The second kappa shape index (κ2) is 11.7. The molecule has 0 amide bonds. The number of thiophene rings is 1. The molecule has 0 aliphatic heterocycles. The lowest BCUT2D eigenvalue weighted by Gasteiger charge is -2.26. The number of benzene rings is 9. The van der Waals surface area contributed by atoms with E-state index in [2.05, 4.69) is 193 Å². The highest BCUT2D eigenvalue weighted by atomic mass is 32.1. The normalized spacial score (nSPS) is 11.6. The van der Waals surface area contributed by atoms with Gasteiger partial charge in [0.05, 0.1) is 0 Å². The molecule has 1 aromatic heterocycles. The highest BCUT2D eigenvalue weighted by Crippen LogP contribution is 2.47. The van der Waals surface area contributed by atoms with Gasteiger partial charge in [-0.25, -0.2) is 0 Å². The van der Waals surface area contributed by atoms with E-state index in [0.29, 0.717) is 0 Å². The highest BCUT2D eigenvalue weighted by molar-refractivity contribution is 7.26. The van der Waals surface area contributed by atoms with Gasteiger partial charge in [0.2, 0.25) is 0 Å². The minimum atomic E-state index is 1.12. The molecule has 50 heavy (non-hydrogen) atoms. The fraction of sp³-hybridized carbons (Fsp3) is 0. The van der Waals surface area contributed by atoms with Crippen LogP contribution in [0.1, 0.15) is 0 Å². The third-order valence-corrected chi connectivity index (χ3v) is 11.2. The Morgan fingerprint density at radius 3 is 1.82 bits per heavy atom. The van der Waals surface area contributed by atoms with E-state index >= 15 is 0 Å². The molecule has 234 valence electrons. The molecular weight excluding hydrogens is 623 g/mol. The van der Waals surface area contributed by atoms with Crippen molar-refractivity contribution in [2.75, 3.05) is 4.90 Å². The molecule has 0 atom stereocenters. The lowest BCUT2D eigenvalue weighted by molar-refractivity contribution is 1.29. The lowest BCUT2D eigenvalue weighted by atomic mass is 9.92. The van der Waals surface area contributed by atoms with Gasteiger partial charge in [0, 0.05) is 37.2 Å². The van der Waals surface area contributed by atoms with Gasteiger partial charge in [-0.05, 0) is 109 Å². The number of para-hydroxylation sites is 1. The van der Waals surface area contributed by atoms with Gasteiger partial charge in [-0.1, -0.05) is 133 Å². The molecule has 1 nitrogen and oxygen atoms in total. The van der Waals surface area contributed by atoms with Crippen LogP contribution < -0.4 is 4.90 Å². The zero-order valence-electron chi connectivity index (χ0n) is 27.3. The molecule has 10 rings (SSSR count). The van der Waals surface area contributed by atoms with E-state index in [-0.39, 0.29) is 0 Å². The molecule has 0 saturated heterocycles. The van der Waals surface area contributed by atoms with Crippen LogP contribution in [0.4, 0.5) is 17.1 Å². The van der Waals surface area contributed by atoms with Crippen molar-refractivity contribution >= 4 is 80.9 Å². The first kappa shape index (κ1) is 28.8. The van der Waals surface area contributed by atoms with Crippen molar-refractivity contribution in [3.05, 3.63) is 188 Å². The van der Waals surface area contributed by atoms with Crippen molar-refractivity contribution in [1.82, 2.24) is 0 Å². The summed E-state index contributed by atoms with van der Waals surface area (Å²) in [6.07, 6.45) is 0. The summed E-state index contributed by atoms with van der Waals surface area (Å²) in [5.74, 6) is 0. The first-order valence-electron chi connectivity index (χ1n) is 17.1. The maximum absolute atomic E-state index is 2.40. The van der Waals surface area contributed by atoms with Gasteiger partial charge in [0.1, 0.15) is 0 Å². The lowest BCUT2D eigenvalue weighted by Crippen LogP contribution is -2.09. The second-order valence-corrected chi connectivity index (χ2v) is 14.0. The molecule has 0 unspecified atom stereocenters. The summed E-state index contributed by atoms with van der Waals surface area (Å²) in [5, 5.41) is 10.2. The van der Waals surface area contributed by atoms with Crippen LogP contribution in [-0.2, 0) is 0 Å². The zero-order chi connectivity index (χ0) is 33.0. The Bertz CT molecular complexity index is 2860. The minimum absolute atomic E-state index is 1.12. The Labute approximate surface area is 294 Å². The Kier molecular flexibility index (Phi) is 6.75. The summed E-state index contributed by atoms with van der Waals surface area (Å²) in [5.41, 5.74) is 8.38. The first-order chi connectivity index (χ1) is 24.8. The van der Waals surface area contributed by atoms with Gasteiger partial charge >= 0.3 is 0 Å². The summed E-state index contributed by atoms with van der Waals surface area (Å²) < 4.78 is 2.63. The molecule has 0 bridgehead atoms. The molecule has 0 spiro atoms. The van der Waals surface area contributed by atoms with Crippen molar-refractivity contribution in [3.8, 4) is 22.3 Å². The van der Waals surface area contributed by atoms with Crippen LogP contribution in [0.3, 0.4) is 0 Å². The zero-order valence-corrected chi connectivity index (χ0v) is 28.1. The Balaban J connectivity index is 1.17. The monoisotopic (exact) mass is 653 g/mol. The van der Waals surface area contributed by atoms with E-state index in [0.717, 1.165) is 17.1 Å². The first-order valence-corrected chi connectivity index (χ1v) is 17.9. The van der Waals surface area contributed by atoms with Crippen molar-refractivity contribution in [2.45, 2.75) is 0 Å². The Hall–Kier alpha value is -6.22. The van der Waals surface area contributed by atoms with Crippen molar-refractivity contribution in [1.29, 1.82) is 0 Å². The number of fused-ring (bicyclic) bond motifs is 7. The summed E-state index contributed by atoms with van der Waals surface area (Å²) >= 11 is 1.90. The topological polar surface area (TPSA) is 3.24 Å². The maximum atomic E-state index is 2.40. The predicted octanol–water partition coefficient (Wildman–Crippen LogP) is 14.3. The van der Waals surface area contributed by atoms with Crippen LogP contribution in [0.5, 0.6) is 0 Å². The molecule has 10 aromatic rings. The van der Waals surface area contributed by atoms with Crippen LogP contribution in [-0.4, -0.2) is 0 Å². The van der Waals surface area contributed by atoms with E-state index in [1.165, 1.54) is 74.7 Å². The van der Waals surface area contributed by atoms with Gasteiger partial charge in [-0.3, -0.25) is 0 Å². The molecule has 1 heterocycles. The van der Waals surface area contributed by atoms with Crippen molar-refractivity contribution in [2.24, 2.45) is 0 Å². The summed E-state index contributed by atoms with van der Waals surface area (Å²) in [7, 11) is 0. The van der Waals surface area contributed by atoms with Crippen LogP contribution in [0.25, 0.3) is 74.7 Å². The fourth-order valence-corrected chi connectivity index (χ4v) is 8.85. The van der Waals surface area contributed by atoms with Crippen molar-refractivity contribution < 1.29 is 0 Å². The van der Waals surface area contributed by atoms with Gasteiger partial charge < -0.3 is 4.90 Å². The molecule has 2 heteroatoms. The van der Waals surface area contributed by atoms with E-state index in [9.17, 15) is 0 Å².